The van der Waals surface area contributed by atoms with Gasteiger partial charge in [0.05, 0.1) is 7.11 Å². The molecular weight excluding hydrogens is 342 g/mol. The van der Waals surface area contributed by atoms with Crippen LogP contribution in [-0.4, -0.2) is 12.9 Å². The largest absolute Gasteiger partial charge is 0.496 e. The van der Waals surface area contributed by atoms with Gasteiger partial charge in [0.15, 0.2) is 5.78 Å². The van der Waals surface area contributed by atoms with E-state index in [9.17, 15) is 13.6 Å². The van der Waals surface area contributed by atoms with Crippen molar-refractivity contribution in [2.45, 2.75) is 11.2 Å². The van der Waals surface area contributed by atoms with E-state index in [0.717, 1.165) is 12.1 Å². The molecular formula is C16H13BrF2O2. The van der Waals surface area contributed by atoms with Gasteiger partial charge < -0.3 is 4.74 Å². The van der Waals surface area contributed by atoms with Crippen LogP contribution in [-0.2, 0) is 11.2 Å². The van der Waals surface area contributed by atoms with Crippen LogP contribution in [0, 0.1) is 11.6 Å². The zero-order valence-corrected chi connectivity index (χ0v) is 12.9. The summed E-state index contributed by atoms with van der Waals surface area (Å²) in [6.07, 6.45) is 0.0215. The number of methoxy groups -OCH3 is 1. The van der Waals surface area contributed by atoms with Gasteiger partial charge in [-0.05, 0) is 18.2 Å². The molecule has 0 heterocycles. The summed E-state index contributed by atoms with van der Waals surface area (Å²) in [5.74, 6) is -1.27. The second kappa shape index (κ2) is 6.80. The molecule has 2 rings (SSSR count). The number of alkyl halides is 1. The molecule has 0 bridgehead atoms. The Morgan fingerprint density at radius 3 is 2.38 bits per heavy atom. The first-order valence-electron chi connectivity index (χ1n) is 6.27. The Hall–Kier alpha value is -1.75. The summed E-state index contributed by atoms with van der Waals surface area (Å²) in [5, 5.41) is 0. The van der Waals surface area contributed by atoms with E-state index in [1.807, 2.05) is 0 Å². The van der Waals surface area contributed by atoms with Crippen LogP contribution in [0.4, 0.5) is 8.78 Å². The van der Waals surface area contributed by atoms with Crippen molar-refractivity contribution in [1.82, 2.24) is 0 Å². The average Bonchev–Trinajstić information content (AvgIpc) is 2.47. The SMILES string of the molecule is COc1ccccc1CC(=O)C(Br)c1c(F)cccc1F. The fourth-order valence-corrected chi connectivity index (χ4v) is 2.64. The highest BCUT2D eigenvalue weighted by molar-refractivity contribution is 9.09. The van der Waals surface area contributed by atoms with Crippen LogP contribution >= 0.6 is 15.9 Å². The minimum Gasteiger partial charge on any atom is -0.496 e. The molecule has 0 aliphatic rings. The van der Waals surface area contributed by atoms with Gasteiger partial charge in [0.1, 0.15) is 22.2 Å². The maximum Gasteiger partial charge on any atom is 0.155 e. The van der Waals surface area contributed by atoms with E-state index in [2.05, 4.69) is 15.9 Å². The number of carbonyl (C=O) groups is 1. The van der Waals surface area contributed by atoms with Crippen LogP contribution in [0.5, 0.6) is 5.75 Å². The van der Waals surface area contributed by atoms with Gasteiger partial charge in [0.2, 0.25) is 0 Å². The summed E-state index contributed by atoms with van der Waals surface area (Å²) in [4.78, 5) is 11.2. The summed E-state index contributed by atoms with van der Waals surface area (Å²) >= 11 is 3.09. The number of halogens is 3. The van der Waals surface area contributed by atoms with Gasteiger partial charge >= 0.3 is 0 Å². The first-order chi connectivity index (χ1) is 10.0. The molecule has 110 valence electrons. The summed E-state index contributed by atoms with van der Waals surface area (Å²) in [6.45, 7) is 0. The third-order valence-electron chi connectivity index (χ3n) is 3.09. The quantitative estimate of drug-likeness (QED) is 0.751. The van der Waals surface area contributed by atoms with Crippen LogP contribution in [0.25, 0.3) is 0 Å². The maximum atomic E-state index is 13.7. The smallest absolute Gasteiger partial charge is 0.155 e. The van der Waals surface area contributed by atoms with E-state index in [1.165, 1.54) is 13.2 Å². The Morgan fingerprint density at radius 2 is 1.76 bits per heavy atom. The lowest BCUT2D eigenvalue weighted by atomic mass is 10.0. The number of Topliss-reactive ketones (excluding diaryl/α,β-unsaturated/α-hetero) is 1. The molecule has 0 aliphatic heterocycles. The molecule has 0 aromatic heterocycles. The minimum absolute atomic E-state index is 0.0215. The van der Waals surface area contributed by atoms with E-state index < -0.39 is 16.5 Å². The van der Waals surface area contributed by atoms with Gasteiger partial charge in [0.25, 0.3) is 0 Å². The number of hydrogen-bond donors (Lipinski definition) is 0. The molecule has 1 unspecified atom stereocenters. The molecule has 1 atom stereocenters. The monoisotopic (exact) mass is 354 g/mol. The predicted molar refractivity (Wildman–Crippen MR) is 79.7 cm³/mol. The molecule has 2 aromatic rings. The molecule has 0 saturated heterocycles. The molecule has 0 amide bonds. The third-order valence-corrected chi connectivity index (χ3v) is 4.06. The van der Waals surface area contributed by atoms with Crippen molar-refractivity contribution in [2.75, 3.05) is 7.11 Å². The van der Waals surface area contributed by atoms with Gasteiger partial charge in [-0.15, -0.1) is 0 Å². The van der Waals surface area contributed by atoms with Crippen molar-refractivity contribution >= 4 is 21.7 Å². The van der Waals surface area contributed by atoms with Crippen LogP contribution in [0.15, 0.2) is 42.5 Å². The zero-order chi connectivity index (χ0) is 15.4. The van der Waals surface area contributed by atoms with Crippen molar-refractivity contribution in [3.8, 4) is 5.75 Å². The second-order valence-corrected chi connectivity index (χ2v) is 5.37. The third kappa shape index (κ3) is 3.47. The molecule has 21 heavy (non-hydrogen) atoms. The van der Waals surface area contributed by atoms with Crippen molar-refractivity contribution in [2.24, 2.45) is 0 Å². The Labute approximate surface area is 129 Å². The minimum atomic E-state index is -1.04. The number of benzene rings is 2. The summed E-state index contributed by atoms with van der Waals surface area (Å²) in [6, 6.07) is 10.6. The first kappa shape index (κ1) is 15.6. The first-order valence-corrected chi connectivity index (χ1v) is 7.18. The summed E-state index contributed by atoms with van der Waals surface area (Å²) in [5.41, 5.74) is 0.406. The maximum absolute atomic E-state index is 13.7. The number of ether oxygens (including phenoxy) is 1. The highest BCUT2D eigenvalue weighted by Gasteiger charge is 2.24. The van der Waals surface area contributed by atoms with E-state index in [1.54, 1.807) is 24.3 Å². The van der Waals surface area contributed by atoms with Crippen molar-refractivity contribution in [3.63, 3.8) is 0 Å². The zero-order valence-electron chi connectivity index (χ0n) is 11.3. The van der Waals surface area contributed by atoms with Gasteiger partial charge in [-0.2, -0.15) is 0 Å². The fraction of sp³-hybridized carbons (Fsp3) is 0.188. The van der Waals surface area contributed by atoms with Crippen molar-refractivity contribution < 1.29 is 18.3 Å². The van der Waals surface area contributed by atoms with E-state index in [4.69, 9.17) is 4.74 Å². The van der Waals surface area contributed by atoms with Crippen LogP contribution in [0.3, 0.4) is 0 Å². The number of carbonyl (C=O) groups excluding carboxylic acids is 1. The number of rotatable bonds is 5. The molecule has 0 fully saturated rings. The Balaban J connectivity index is 2.24. The van der Waals surface area contributed by atoms with Crippen molar-refractivity contribution in [1.29, 1.82) is 0 Å². The fourth-order valence-electron chi connectivity index (χ4n) is 2.04. The highest BCUT2D eigenvalue weighted by atomic mass is 79.9. The molecule has 5 heteroatoms. The predicted octanol–water partition coefficient (Wildman–Crippen LogP) is 4.22. The molecule has 2 nitrogen and oxygen atoms in total. The molecule has 0 saturated carbocycles. The molecule has 0 aliphatic carbocycles. The van der Waals surface area contributed by atoms with Gasteiger partial charge in [-0.25, -0.2) is 8.78 Å². The van der Waals surface area contributed by atoms with E-state index in [-0.39, 0.29) is 17.8 Å². The Kier molecular flexibility index (Phi) is 5.07. The lowest BCUT2D eigenvalue weighted by Crippen LogP contribution is -2.13. The molecule has 2 aromatic carbocycles. The van der Waals surface area contributed by atoms with Crippen LogP contribution in [0.1, 0.15) is 16.0 Å². The molecule has 0 radical (unpaired) electrons. The van der Waals surface area contributed by atoms with Crippen LogP contribution in [0.2, 0.25) is 0 Å². The highest BCUT2D eigenvalue weighted by Crippen LogP contribution is 2.31. The van der Waals surface area contributed by atoms with E-state index in [0.29, 0.717) is 11.3 Å². The van der Waals surface area contributed by atoms with Crippen molar-refractivity contribution in [3.05, 3.63) is 65.2 Å². The summed E-state index contributed by atoms with van der Waals surface area (Å²) in [7, 11) is 1.51. The lowest BCUT2D eigenvalue weighted by molar-refractivity contribution is -0.118. The van der Waals surface area contributed by atoms with Gasteiger partial charge in [-0.1, -0.05) is 40.2 Å². The number of ketones is 1. The Bertz CT molecular complexity index is 638. The van der Waals surface area contributed by atoms with E-state index >= 15 is 0 Å². The molecule has 0 spiro atoms. The lowest BCUT2D eigenvalue weighted by Gasteiger charge is -2.13. The standard InChI is InChI=1S/C16H13BrF2O2/c1-21-14-8-3-2-5-10(14)9-13(20)16(17)15-11(18)6-4-7-12(15)19/h2-8,16H,9H2,1H3. The van der Waals surface area contributed by atoms with Gasteiger partial charge in [0, 0.05) is 17.5 Å². The Morgan fingerprint density at radius 1 is 1.14 bits per heavy atom. The number of hydrogen-bond acceptors (Lipinski definition) is 2. The topological polar surface area (TPSA) is 26.3 Å². The molecule has 0 N–H and O–H groups in total. The van der Waals surface area contributed by atoms with Crippen LogP contribution < -0.4 is 4.74 Å². The summed E-state index contributed by atoms with van der Waals surface area (Å²) < 4.78 is 32.6. The average molecular weight is 355 g/mol. The normalized spacial score (nSPS) is 12.0. The van der Waals surface area contributed by atoms with Gasteiger partial charge in [-0.3, -0.25) is 4.79 Å². The second-order valence-electron chi connectivity index (χ2n) is 4.45. The number of para-hydroxylation sites is 1.